The molecule has 3 heterocycles. The molecule has 2 aliphatic heterocycles. The molecule has 2 saturated heterocycles. The summed E-state index contributed by atoms with van der Waals surface area (Å²) in [7, 11) is 4.05. The fraction of sp³-hybridized carbons (Fsp3) is 0.771. The van der Waals surface area contributed by atoms with Crippen LogP contribution in [-0.2, 0) is 42.9 Å². The summed E-state index contributed by atoms with van der Waals surface area (Å²) in [6.07, 6.45) is -0.738. The van der Waals surface area contributed by atoms with E-state index in [1.54, 1.807) is 27.7 Å². The van der Waals surface area contributed by atoms with Crippen LogP contribution in [0.15, 0.2) is 23.0 Å². The maximum atomic E-state index is 14.6. The van der Waals surface area contributed by atoms with Gasteiger partial charge >= 0.3 is 11.9 Å². The van der Waals surface area contributed by atoms with Gasteiger partial charge in [0.2, 0.25) is 5.91 Å². The summed E-state index contributed by atoms with van der Waals surface area (Å²) in [5.74, 6) is -6.39. The first-order chi connectivity index (χ1) is 22.7. The quantitative estimate of drug-likeness (QED) is 0.220. The van der Waals surface area contributed by atoms with E-state index in [-0.39, 0.29) is 43.5 Å². The zero-order valence-electron chi connectivity index (χ0n) is 29.5. The highest BCUT2D eigenvalue weighted by Crippen LogP contribution is 2.89. The number of Topliss-reactive ketones (excluding diaryl/α,β-unsaturated/α-hetero) is 1. The zero-order chi connectivity index (χ0) is 36.0. The third kappa shape index (κ3) is 3.58. The Morgan fingerprint density at radius 2 is 1.67 bits per heavy atom. The highest BCUT2D eigenvalue weighted by molar-refractivity contribution is 6.01. The van der Waals surface area contributed by atoms with E-state index in [1.807, 2.05) is 13.8 Å². The number of amides is 1. The number of ether oxygens (including phenoxy) is 5. The number of methoxy groups -OCH3 is 1. The van der Waals surface area contributed by atoms with Crippen molar-refractivity contribution < 1.29 is 62.3 Å². The van der Waals surface area contributed by atoms with Crippen molar-refractivity contribution in [1.29, 1.82) is 0 Å². The molecule has 0 aromatic carbocycles. The number of nitrogens with zero attached hydrogens (tertiary/aromatic N) is 1. The van der Waals surface area contributed by atoms with Crippen LogP contribution in [0.5, 0.6) is 0 Å². The molecule has 1 aromatic rings. The molecule has 2 N–H and O–H groups in total. The zero-order valence-corrected chi connectivity index (χ0v) is 29.5. The van der Waals surface area contributed by atoms with Gasteiger partial charge in [-0.3, -0.25) is 24.0 Å². The van der Waals surface area contributed by atoms with Gasteiger partial charge in [0, 0.05) is 49.0 Å². The third-order valence-electron chi connectivity index (χ3n) is 13.9. The summed E-state index contributed by atoms with van der Waals surface area (Å²) in [6.45, 7) is 10.3. The predicted molar refractivity (Wildman–Crippen MR) is 165 cm³/mol. The number of carbonyl (C=O) groups is 4. The van der Waals surface area contributed by atoms with Crippen molar-refractivity contribution in [3.8, 4) is 0 Å². The Bertz CT molecular complexity index is 1610. The fourth-order valence-electron chi connectivity index (χ4n) is 11.9. The fourth-order valence-corrected chi connectivity index (χ4v) is 11.9. The average molecular weight is 690 g/mol. The lowest BCUT2D eigenvalue weighted by molar-refractivity contribution is -0.477. The van der Waals surface area contributed by atoms with Gasteiger partial charge in [-0.15, -0.1) is 0 Å². The van der Waals surface area contributed by atoms with Crippen LogP contribution >= 0.6 is 0 Å². The Balaban J connectivity index is 1.54. The molecule has 7 rings (SSSR count). The summed E-state index contributed by atoms with van der Waals surface area (Å²) < 4.78 is 37.4. The van der Waals surface area contributed by atoms with Crippen LogP contribution in [0, 0.1) is 34.0 Å². The molecule has 270 valence electrons. The van der Waals surface area contributed by atoms with Crippen LogP contribution in [0.4, 0.5) is 0 Å². The first-order valence-electron chi connectivity index (χ1n) is 16.9. The smallest absolute Gasteiger partial charge is 0.308 e. The molecule has 12 unspecified atom stereocenters. The molecule has 1 amide bonds. The summed E-state index contributed by atoms with van der Waals surface area (Å²) in [5, 5.41) is 27.6. The topological polar surface area (TPSA) is 180 Å². The molecule has 49 heavy (non-hydrogen) atoms. The SMILES string of the molecule is COC(=O)CC1C2(C)CC34OC5(C)OC6(C(CC(=O)N(C)OC)C(C)(C(=O)c7ccoc7)CCC6(O5)C13C)C(O)C4(O)C2OC(=O)C(C)C. The van der Waals surface area contributed by atoms with Crippen LogP contribution in [0.3, 0.4) is 0 Å². The van der Waals surface area contributed by atoms with Gasteiger partial charge in [0.1, 0.15) is 35.3 Å². The van der Waals surface area contributed by atoms with E-state index in [1.165, 1.54) is 39.9 Å². The monoisotopic (exact) mass is 689 g/mol. The van der Waals surface area contributed by atoms with E-state index < -0.39 is 92.4 Å². The molecule has 2 spiro atoms. The lowest BCUT2D eigenvalue weighted by Gasteiger charge is -2.76. The molecule has 0 radical (unpaired) electrons. The standard InChI is InChI=1S/C35H47NO13/c1-18(2)25(40)46-27-29(4)17-33-30(5,20(29)15-23(38)43-8)32-12-11-28(3,24(39)19-10-13-45-16-19)21(14-22(37)36(7)44-9)35(32,26(41)34(27,33)42)49-31(6,47-32)48-33/h10,13,16,18,20-21,26-27,41-42H,11-12,14-15,17H2,1-9H3. The van der Waals surface area contributed by atoms with Crippen molar-refractivity contribution in [3.05, 3.63) is 24.2 Å². The number of carbonyl (C=O) groups excluding carboxylic acids is 4. The molecule has 4 bridgehead atoms. The number of hydrogen-bond donors (Lipinski definition) is 2. The van der Waals surface area contributed by atoms with E-state index in [2.05, 4.69) is 0 Å². The van der Waals surface area contributed by atoms with Gasteiger partial charge in [-0.1, -0.05) is 34.6 Å². The summed E-state index contributed by atoms with van der Waals surface area (Å²) >= 11 is 0. The van der Waals surface area contributed by atoms with E-state index in [0.717, 1.165) is 5.06 Å². The van der Waals surface area contributed by atoms with E-state index in [0.29, 0.717) is 0 Å². The molecule has 4 saturated carbocycles. The number of ketones is 1. The van der Waals surface area contributed by atoms with Crippen molar-refractivity contribution in [3.63, 3.8) is 0 Å². The maximum Gasteiger partial charge on any atom is 0.308 e. The summed E-state index contributed by atoms with van der Waals surface area (Å²) in [6, 6.07) is 1.53. The Hall–Kier alpha value is -2.88. The number of hydroxylamine groups is 2. The molecule has 1 aromatic heterocycles. The highest BCUT2D eigenvalue weighted by atomic mass is 16.9. The second-order valence-electron chi connectivity index (χ2n) is 16.1. The molecular weight excluding hydrogens is 642 g/mol. The lowest BCUT2D eigenvalue weighted by atomic mass is 9.33. The molecule has 14 nitrogen and oxygen atoms in total. The third-order valence-corrected chi connectivity index (χ3v) is 13.9. The molecule has 12 atom stereocenters. The van der Waals surface area contributed by atoms with Crippen LogP contribution < -0.4 is 0 Å². The van der Waals surface area contributed by atoms with Crippen molar-refractivity contribution in [2.45, 2.75) is 114 Å². The molecular formula is C35H47NO13. The minimum Gasteiger partial charge on any atom is -0.472 e. The summed E-state index contributed by atoms with van der Waals surface area (Å²) in [4.78, 5) is 60.4. The predicted octanol–water partition coefficient (Wildman–Crippen LogP) is 2.54. The van der Waals surface area contributed by atoms with E-state index in [4.69, 9.17) is 32.9 Å². The number of fused-ring (bicyclic) bond motifs is 2. The van der Waals surface area contributed by atoms with Gasteiger partial charge in [0.25, 0.3) is 5.97 Å². The van der Waals surface area contributed by atoms with Crippen LogP contribution in [-0.4, -0.2) is 101 Å². The number of aliphatic hydroxyl groups excluding tert-OH is 1. The molecule has 4 aliphatic carbocycles. The number of rotatable bonds is 9. The maximum absolute atomic E-state index is 14.6. The van der Waals surface area contributed by atoms with E-state index in [9.17, 15) is 29.4 Å². The van der Waals surface area contributed by atoms with Gasteiger partial charge < -0.3 is 38.3 Å². The number of hydrogen-bond acceptors (Lipinski definition) is 13. The van der Waals surface area contributed by atoms with Crippen LogP contribution in [0.1, 0.15) is 84.0 Å². The highest BCUT2D eigenvalue weighted by Gasteiger charge is 3.03. The molecule has 14 heteroatoms. The molecule has 6 aliphatic rings. The first-order valence-corrected chi connectivity index (χ1v) is 16.9. The van der Waals surface area contributed by atoms with Gasteiger partial charge in [0.15, 0.2) is 11.4 Å². The minimum absolute atomic E-state index is 0.0864. The van der Waals surface area contributed by atoms with Gasteiger partial charge in [-0.2, -0.15) is 0 Å². The molecule has 6 fully saturated rings. The van der Waals surface area contributed by atoms with Gasteiger partial charge in [-0.05, 0) is 31.2 Å². The van der Waals surface area contributed by atoms with Crippen molar-refractivity contribution >= 4 is 23.6 Å². The largest absolute Gasteiger partial charge is 0.472 e. The van der Waals surface area contributed by atoms with Crippen molar-refractivity contribution in [2.75, 3.05) is 21.3 Å². The number of furan rings is 1. The van der Waals surface area contributed by atoms with Crippen molar-refractivity contribution in [1.82, 2.24) is 5.06 Å². The lowest BCUT2D eigenvalue weighted by Crippen LogP contribution is -2.93. The number of aliphatic hydroxyl groups is 2. The van der Waals surface area contributed by atoms with Crippen LogP contribution in [0.25, 0.3) is 0 Å². The minimum atomic E-state index is -2.34. The second-order valence-corrected chi connectivity index (χ2v) is 16.1. The van der Waals surface area contributed by atoms with Gasteiger partial charge in [-0.25, -0.2) is 5.06 Å². The van der Waals surface area contributed by atoms with Crippen molar-refractivity contribution in [2.24, 2.45) is 34.0 Å². The van der Waals surface area contributed by atoms with Crippen LogP contribution in [0.2, 0.25) is 0 Å². The number of esters is 2. The average Bonchev–Trinajstić information content (AvgIpc) is 3.75. The summed E-state index contributed by atoms with van der Waals surface area (Å²) in [5.41, 5.74) is -11.1. The Morgan fingerprint density at radius 3 is 2.27 bits per heavy atom. The first kappa shape index (κ1) is 34.6. The Morgan fingerprint density at radius 1 is 1.00 bits per heavy atom. The normalized spacial score (nSPS) is 48.4. The van der Waals surface area contributed by atoms with E-state index >= 15 is 0 Å². The second kappa shape index (κ2) is 10.1. The Kier molecular flexibility index (Phi) is 7.14. The van der Waals surface area contributed by atoms with Gasteiger partial charge in [0.05, 0.1) is 32.0 Å². The Labute approximate surface area is 284 Å².